The largest absolute Gasteiger partial charge is 0.496 e. The van der Waals surface area contributed by atoms with Crippen molar-refractivity contribution in [3.63, 3.8) is 0 Å². The Hall–Kier alpha value is -2.73. The molecule has 1 amide bonds. The van der Waals surface area contributed by atoms with E-state index in [-0.39, 0.29) is 5.91 Å². The highest BCUT2D eigenvalue weighted by atomic mass is 32.1. The fourth-order valence-corrected chi connectivity index (χ4v) is 4.40. The summed E-state index contributed by atoms with van der Waals surface area (Å²) in [6.45, 7) is 1.88. The number of ether oxygens (including phenoxy) is 1. The summed E-state index contributed by atoms with van der Waals surface area (Å²) in [7, 11) is 1.71. The molecule has 0 radical (unpaired) electrons. The number of hydrogen-bond acceptors (Lipinski definition) is 5. The molecular formula is C20H19N3O2S. The average molecular weight is 365 g/mol. The van der Waals surface area contributed by atoms with Gasteiger partial charge in [-0.25, -0.2) is 4.98 Å². The first kappa shape index (κ1) is 16.7. The van der Waals surface area contributed by atoms with E-state index < -0.39 is 0 Å². The van der Waals surface area contributed by atoms with E-state index >= 15 is 0 Å². The van der Waals surface area contributed by atoms with Gasteiger partial charge in [0.05, 0.1) is 17.7 Å². The standard InChI is InChI=1S/C20H19N3O2S/c1-12-11-21-10-9-13(12)19(24)23-20-22-16-7-3-5-14-15(18(16)26-20)6-4-8-17(14)25-2/h4,6,8-11H,3,5,7H2,1-2H3,(H,22,23,24). The van der Waals surface area contributed by atoms with Crippen molar-refractivity contribution in [3.8, 4) is 16.2 Å². The molecule has 132 valence electrons. The number of pyridine rings is 1. The van der Waals surface area contributed by atoms with E-state index in [2.05, 4.69) is 16.4 Å². The van der Waals surface area contributed by atoms with Gasteiger partial charge in [-0.05, 0) is 43.9 Å². The Balaban J connectivity index is 1.69. The molecule has 0 bridgehead atoms. The maximum absolute atomic E-state index is 12.6. The Kier molecular flexibility index (Phi) is 4.42. The number of hydrogen-bond donors (Lipinski definition) is 1. The number of nitrogens with one attached hydrogen (secondary N) is 1. The van der Waals surface area contributed by atoms with Crippen LogP contribution in [0.1, 0.15) is 33.6 Å². The van der Waals surface area contributed by atoms with Crippen molar-refractivity contribution in [3.05, 3.63) is 59.0 Å². The molecule has 1 N–H and O–H groups in total. The Morgan fingerprint density at radius 1 is 1.27 bits per heavy atom. The highest BCUT2D eigenvalue weighted by molar-refractivity contribution is 7.19. The van der Waals surface area contributed by atoms with Gasteiger partial charge in [0, 0.05) is 29.1 Å². The van der Waals surface area contributed by atoms with E-state index in [0.717, 1.165) is 46.7 Å². The molecule has 1 aliphatic rings. The first-order valence-corrected chi connectivity index (χ1v) is 9.37. The molecule has 1 aromatic carbocycles. The van der Waals surface area contributed by atoms with Crippen molar-refractivity contribution in [1.29, 1.82) is 0 Å². The Morgan fingerprint density at radius 2 is 2.15 bits per heavy atom. The van der Waals surface area contributed by atoms with Gasteiger partial charge in [0.15, 0.2) is 5.13 Å². The molecule has 2 heterocycles. The summed E-state index contributed by atoms with van der Waals surface area (Å²) in [5, 5.41) is 3.58. The average Bonchev–Trinajstić information content (AvgIpc) is 2.96. The van der Waals surface area contributed by atoms with Gasteiger partial charge in [-0.3, -0.25) is 15.1 Å². The molecule has 0 saturated carbocycles. The third kappa shape index (κ3) is 2.97. The van der Waals surface area contributed by atoms with E-state index in [9.17, 15) is 4.79 Å². The zero-order valence-corrected chi connectivity index (χ0v) is 15.5. The van der Waals surface area contributed by atoms with Gasteiger partial charge in [0.25, 0.3) is 5.91 Å². The lowest BCUT2D eigenvalue weighted by Gasteiger charge is -2.10. The lowest BCUT2D eigenvalue weighted by atomic mass is 10.0. The van der Waals surface area contributed by atoms with Gasteiger partial charge in [0.2, 0.25) is 0 Å². The van der Waals surface area contributed by atoms with Gasteiger partial charge in [-0.1, -0.05) is 23.5 Å². The number of aromatic nitrogens is 2. The van der Waals surface area contributed by atoms with Crippen LogP contribution in [0, 0.1) is 6.92 Å². The van der Waals surface area contributed by atoms with Crippen molar-refractivity contribution in [1.82, 2.24) is 9.97 Å². The van der Waals surface area contributed by atoms with Crippen LogP contribution < -0.4 is 10.1 Å². The predicted molar refractivity (Wildman–Crippen MR) is 103 cm³/mol. The molecule has 26 heavy (non-hydrogen) atoms. The van der Waals surface area contributed by atoms with E-state index in [4.69, 9.17) is 9.72 Å². The summed E-state index contributed by atoms with van der Waals surface area (Å²) < 4.78 is 5.53. The van der Waals surface area contributed by atoms with Crippen LogP contribution in [0.15, 0.2) is 36.7 Å². The molecule has 0 saturated heterocycles. The van der Waals surface area contributed by atoms with E-state index in [1.807, 2.05) is 19.1 Å². The summed E-state index contributed by atoms with van der Waals surface area (Å²) in [6, 6.07) is 7.84. The zero-order chi connectivity index (χ0) is 18.1. The van der Waals surface area contributed by atoms with Crippen LogP contribution in [-0.2, 0) is 12.8 Å². The SMILES string of the molecule is COc1cccc2c1CCCc1nc(NC(=O)c3ccncc3C)sc1-2. The number of aryl methyl sites for hydroxylation is 2. The first-order chi connectivity index (χ1) is 12.7. The Labute approximate surface area is 156 Å². The van der Waals surface area contributed by atoms with E-state index in [0.29, 0.717) is 10.7 Å². The number of fused-ring (bicyclic) bond motifs is 3. The molecule has 1 aliphatic carbocycles. The topological polar surface area (TPSA) is 64.1 Å². The smallest absolute Gasteiger partial charge is 0.257 e. The summed E-state index contributed by atoms with van der Waals surface area (Å²) in [5.74, 6) is 0.765. The van der Waals surface area contributed by atoms with Crippen LogP contribution >= 0.6 is 11.3 Å². The summed E-state index contributed by atoms with van der Waals surface area (Å²) in [6.07, 6.45) is 6.20. The fraction of sp³-hybridized carbons (Fsp3) is 0.250. The maximum Gasteiger partial charge on any atom is 0.257 e. The number of thiazole rings is 1. The summed E-state index contributed by atoms with van der Waals surface area (Å²) in [5.41, 5.74) is 4.89. The van der Waals surface area contributed by atoms with Crippen molar-refractivity contribution in [2.75, 3.05) is 12.4 Å². The predicted octanol–water partition coefficient (Wildman–Crippen LogP) is 4.26. The van der Waals surface area contributed by atoms with E-state index in [1.54, 1.807) is 25.6 Å². The summed E-state index contributed by atoms with van der Waals surface area (Å²) in [4.78, 5) is 22.4. The van der Waals surface area contributed by atoms with Crippen LogP contribution in [0.3, 0.4) is 0 Å². The van der Waals surface area contributed by atoms with Crippen LogP contribution in [0.4, 0.5) is 5.13 Å². The molecule has 2 aromatic heterocycles. The normalized spacial score (nSPS) is 12.7. The second-order valence-corrected chi connectivity index (χ2v) is 7.28. The highest BCUT2D eigenvalue weighted by Gasteiger charge is 2.22. The number of amides is 1. The summed E-state index contributed by atoms with van der Waals surface area (Å²) >= 11 is 1.53. The molecular weight excluding hydrogens is 346 g/mol. The van der Waals surface area contributed by atoms with Crippen molar-refractivity contribution < 1.29 is 9.53 Å². The molecule has 0 unspecified atom stereocenters. The monoisotopic (exact) mass is 365 g/mol. The zero-order valence-electron chi connectivity index (χ0n) is 14.7. The second-order valence-electron chi connectivity index (χ2n) is 6.28. The third-order valence-electron chi connectivity index (χ3n) is 4.62. The van der Waals surface area contributed by atoms with Crippen LogP contribution in [0.5, 0.6) is 5.75 Å². The number of benzene rings is 1. The van der Waals surface area contributed by atoms with Gasteiger partial charge in [0.1, 0.15) is 5.75 Å². The fourth-order valence-electron chi connectivity index (χ4n) is 3.34. The van der Waals surface area contributed by atoms with Gasteiger partial charge in [-0.2, -0.15) is 0 Å². The quantitative estimate of drug-likeness (QED) is 0.753. The van der Waals surface area contributed by atoms with Crippen molar-refractivity contribution in [2.45, 2.75) is 26.2 Å². The van der Waals surface area contributed by atoms with Crippen LogP contribution in [-0.4, -0.2) is 23.0 Å². The Morgan fingerprint density at radius 3 is 2.96 bits per heavy atom. The molecule has 5 nitrogen and oxygen atoms in total. The molecule has 3 aromatic rings. The molecule has 0 fully saturated rings. The Bertz CT molecular complexity index is 981. The number of rotatable bonds is 3. The van der Waals surface area contributed by atoms with Crippen LogP contribution in [0.2, 0.25) is 0 Å². The minimum absolute atomic E-state index is 0.153. The molecule has 6 heteroatoms. The van der Waals surface area contributed by atoms with Crippen molar-refractivity contribution in [2.24, 2.45) is 0 Å². The maximum atomic E-state index is 12.6. The van der Waals surface area contributed by atoms with Gasteiger partial charge < -0.3 is 4.74 Å². The van der Waals surface area contributed by atoms with Crippen LogP contribution in [0.25, 0.3) is 10.4 Å². The lowest BCUT2D eigenvalue weighted by Crippen LogP contribution is -2.13. The van der Waals surface area contributed by atoms with Gasteiger partial charge >= 0.3 is 0 Å². The molecule has 4 rings (SSSR count). The third-order valence-corrected chi connectivity index (χ3v) is 5.67. The number of carbonyl (C=O) groups excluding carboxylic acids is 1. The second kappa shape index (κ2) is 6.88. The van der Waals surface area contributed by atoms with E-state index in [1.165, 1.54) is 16.9 Å². The molecule has 0 atom stereocenters. The number of nitrogens with zero attached hydrogens (tertiary/aromatic N) is 2. The molecule has 0 aliphatic heterocycles. The minimum atomic E-state index is -0.153. The first-order valence-electron chi connectivity index (χ1n) is 8.55. The number of methoxy groups -OCH3 is 1. The number of carbonyl (C=O) groups is 1. The van der Waals surface area contributed by atoms with Crippen molar-refractivity contribution >= 4 is 22.4 Å². The molecule has 0 spiro atoms. The lowest BCUT2D eigenvalue weighted by molar-refractivity contribution is 0.102. The number of anilines is 1. The van der Waals surface area contributed by atoms with Gasteiger partial charge in [-0.15, -0.1) is 0 Å². The highest BCUT2D eigenvalue weighted by Crippen LogP contribution is 2.41. The minimum Gasteiger partial charge on any atom is -0.496 e.